The van der Waals surface area contributed by atoms with E-state index in [0.717, 1.165) is 13.0 Å². The van der Waals surface area contributed by atoms with Crippen LogP contribution in [0.5, 0.6) is 0 Å². The second kappa shape index (κ2) is 6.98. The number of rotatable bonds is 5. The first-order valence-electron chi connectivity index (χ1n) is 7.26. The molecular weight excluding hydrogens is 210 g/mol. The first kappa shape index (κ1) is 12.9. The number of nitrogens with zero attached hydrogens (tertiary/aromatic N) is 2. The lowest BCUT2D eigenvalue weighted by Crippen LogP contribution is -2.35. The van der Waals surface area contributed by atoms with Gasteiger partial charge in [-0.05, 0) is 45.2 Å². The van der Waals surface area contributed by atoms with Crippen LogP contribution >= 0.6 is 0 Å². The van der Waals surface area contributed by atoms with E-state index < -0.39 is 0 Å². The summed E-state index contributed by atoms with van der Waals surface area (Å²) < 4.78 is 0. The number of hydrogen-bond donors (Lipinski definition) is 1. The minimum Gasteiger partial charge on any atom is -0.303 e. The third kappa shape index (κ3) is 5.06. The van der Waals surface area contributed by atoms with Crippen molar-refractivity contribution in [2.45, 2.75) is 63.5 Å². The second-order valence-electron chi connectivity index (χ2n) is 5.52. The van der Waals surface area contributed by atoms with Gasteiger partial charge in [-0.1, -0.05) is 19.3 Å². The maximum Gasteiger partial charge on any atom is 0.0967 e. The topological polar surface area (TPSA) is 39.1 Å². The maximum atomic E-state index is 9.10. The highest BCUT2D eigenvalue weighted by atomic mass is 15.1. The van der Waals surface area contributed by atoms with E-state index in [1.165, 1.54) is 58.0 Å². The van der Waals surface area contributed by atoms with Crippen molar-refractivity contribution in [2.24, 2.45) is 0 Å². The van der Waals surface area contributed by atoms with Crippen molar-refractivity contribution in [3.8, 4) is 6.07 Å². The van der Waals surface area contributed by atoms with Crippen molar-refractivity contribution in [1.29, 1.82) is 5.26 Å². The minimum atomic E-state index is 0.0768. The van der Waals surface area contributed by atoms with Gasteiger partial charge in [0, 0.05) is 12.6 Å². The summed E-state index contributed by atoms with van der Waals surface area (Å²) >= 11 is 0. The Morgan fingerprint density at radius 2 is 1.76 bits per heavy atom. The van der Waals surface area contributed by atoms with Crippen LogP contribution in [0.1, 0.15) is 51.4 Å². The van der Waals surface area contributed by atoms with Crippen LogP contribution in [0.4, 0.5) is 0 Å². The molecule has 1 saturated heterocycles. The van der Waals surface area contributed by atoms with Gasteiger partial charge < -0.3 is 4.90 Å². The van der Waals surface area contributed by atoms with Crippen LogP contribution < -0.4 is 5.32 Å². The molecule has 1 aliphatic carbocycles. The molecule has 0 amide bonds. The highest BCUT2D eigenvalue weighted by Crippen LogP contribution is 2.20. The Morgan fingerprint density at radius 1 is 1.12 bits per heavy atom. The molecule has 1 saturated carbocycles. The van der Waals surface area contributed by atoms with Gasteiger partial charge in [-0.2, -0.15) is 5.26 Å². The average Bonchev–Trinajstić information content (AvgIpc) is 3.09. The van der Waals surface area contributed by atoms with Crippen LogP contribution in [0, 0.1) is 11.3 Å². The molecule has 0 aromatic rings. The lowest BCUT2D eigenvalue weighted by molar-refractivity contribution is 0.239. The van der Waals surface area contributed by atoms with Crippen molar-refractivity contribution < 1.29 is 0 Å². The van der Waals surface area contributed by atoms with E-state index in [1.54, 1.807) is 0 Å². The molecule has 3 nitrogen and oxygen atoms in total. The molecule has 0 spiro atoms. The molecular formula is C14H25N3. The van der Waals surface area contributed by atoms with Crippen molar-refractivity contribution in [3.63, 3.8) is 0 Å². The molecule has 0 aromatic carbocycles. The van der Waals surface area contributed by atoms with Gasteiger partial charge in [0.05, 0.1) is 12.1 Å². The third-order valence-corrected chi connectivity index (χ3v) is 3.85. The van der Waals surface area contributed by atoms with Gasteiger partial charge in [0.15, 0.2) is 0 Å². The Balaban J connectivity index is 1.65. The van der Waals surface area contributed by atoms with E-state index in [-0.39, 0.29) is 6.04 Å². The standard InChI is InChI=1S/C14H25N3/c15-12-14(16-13-6-7-13)8-11-17-9-4-2-1-3-5-10-17/h13-14,16H,1-11H2. The van der Waals surface area contributed by atoms with Crippen molar-refractivity contribution in [1.82, 2.24) is 10.2 Å². The molecule has 2 aliphatic rings. The fourth-order valence-electron chi connectivity index (χ4n) is 2.57. The van der Waals surface area contributed by atoms with Crippen LogP contribution in [0.3, 0.4) is 0 Å². The van der Waals surface area contributed by atoms with Crippen LogP contribution in [-0.2, 0) is 0 Å². The van der Waals surface area contributed by atoms with Gasteiger partial charge >= 0.3 is 0 Å². The lowest BCUT2D eigenvalue weighted by atomic mass is 10.1. The Bertz CT molecular complexity index is 247. The maximum absolute atomic E-state index is 9.10. The SMILES string of the molecule is N#CC(CCN1CCCCCCC1)NC1CC1. The largest absolute Gasteiger partial charge is 0.303 e. The second-order valence-corrected chi connectivity index (χ2v) is 5.52. The molecule has 0 aromatic heterocycles. The normalized spacial score (nSPS) is 24.6. The van der Waals surface area contributed by atoms with Gasteiger partial charge in [-0.3, -0.25) is 5.32 Å². The average molecular weight is 235 g/mol. The highest BCUT2D eigenvalue weighted by molar-refractivity contribution is 4.96. The van der Waals surface area contributed by atoms with Gasteiger partial charge in [0.1, 0.15) is 0 Å². The van der Waals surface area contributed by atoms with Crippen molar-refractivity contribution in [2.75, 3.05) is 19.6 Å². The number of likely N-dealkylation sites (tertiary alicyclic amines) is 1. The Labute approximate surface area is 105 Å². The van der Waals surface area contributed by atoms with Gasteiger partial charge in [-0.15, -0.1) is 0 Å². The predicted octanol–water partition coefficient (Wildman–Crippen LogP) is 2.29. The fraction of sp³-hybridized carbons (Fsp3) is 0.929. The fourth-order valence-corrected chi connectivity index (χ4v) is 2.57. The number of nitriles is 1. The summed E-state index contributed by atoms with van der Waals surface area (Å²) in [5.41, 5.74) is 0. The summed E-state index contributed by atoms with van der Waals surface area (Å²) in [5.74, 6) is 0. The molecule has 1 unspecified atom stereocenters. The zero-order valence-corrected chi connectivity index (χ0v) is 10.8. The predicted molar refractivity (Wildman–Crippen MR) is 69.7 cm³/mol. The monoisotopic (exact) mass is 235 g/mol. The van der Waals surface area contributed by atoms with Gasteiger partial charge in [-0.25, -0.2) is 0 Å². The lowest BCUT2D eigenvalue weighted by Gasteiger charge is -2.25. The zero-order chi connectivity index (χ0) is 11.9. The first-order valence-corrected chi connectivity index (χ1v) is 7.26. The number of hydrogen-bond acceptors (Lipinski definition) is 3. The Hall–Kier alpha value is -0.590. The Kier molecular flexibility index (Phi) is 5.28. The van der Waals surface area contributed by atoms with E-state index >= 15 is 0 Å². The van der Waals surface area contributed by atoms with E-state index in [4.69, 9.17) is 5.26 Å². The molecule has 3 heteroatoms. The summed E-state index contributed by atoms with van der Waals surface area (Å²) in [6, 6.07) is 3.13. The van der Waals surface area contributed by atoms with Crippen molar-refractivity contribution >= 4 is 0 Å². The summed E-state index contributed by atoms with van der Waals surface area (Å²) in [5, 5.41) is 12.5. The molecule has 1 heterocycles. The highest BCUT2D eigenvalue weighted by Gasteiger charge is 2.24. The summed E-state index contributed by atoms with van der Waals surface area (Å²) in [6.07, 6.45) is 10.4. The summed E-state index contributed by atoms with van der Waals surface area (Å²) in [4.78, 5) is 2.55. The van der Waals surface area contributed by atoms with Gasteiger partial charge in [0.25, 0.3) is 0 Å². The molecule has 1 N–H and O–H groups in total. The molecule has 0 bridgehead atoms. The molecule has 1 aliphatic heterocycles. The smallest absolute Gasteiger partial charge is 0.0967 e. The van der Waals surface area contributed by atoms with Crippen LogP contribution in [0.15, 0.2) is 0 Å². The summed E-state index contributed by atoms with van der Waals surface area (Å²) in [7, 11) is 0. The molecule has 2 fully saturated rings. The summed E-state index contributed by atoms with van der Waals surface area (Å²) in [6.45, 7) is 3.57. The van der Waals surface area contributed by atoms with E-state index in [0.29, 0.717) is 6.04 Å². The molecule has 0 radical (unpaired) electrons. The number of nitrogens with one attached hydrogen (secondary N) is 1. The van der Waals surface area contributed by atoms with Crippen molar-refractivity contribution in [3.05, 3.63) is 0 Å². The minimum absolute atomic E-state index is 0.0768. The third-order valence-electron chi connectivity index (χ3n) is 3.85. The van der Waals surface area contributed by atoms with Crippen LogP contribution in [-0.4, -0.2) is 36.6 Å². The quantitative estimate of drug-likeness (QED) is 0.794. The molecule has 2 rings (SSSR count). The van der Waals surface area contributed by atoms with E-state index in [1.807, 2.05) is 0 Å². The van der Waals surface area contributed by atoms with E-state index in [2.05, 4.69) is 16.3 Å². The van der Waals surface area contributed by atoms with Gasteiger partial charge in [0.2, 0.25) is 0 Å². The van der Waals surface area contributed by atoms with E-state index in [9.17, 15) is 0 Å². The van der Waals surface area contributed by atoms with Crippen LogP contribution in [0.2, 0.25) is 0 Å². The zero-order valence-electron chi connectivity index (χ0n) is 10.8. The molecule has 17 heavy (non-hydrogen) atoms. The first-order chi connectivity index (χ1) is 8.38. The van der Waals surface area contributed by atoms with Crippen LogP contribution in [0.25, 0.3) is 0 Å². The molecule has 96 valence electrons. The Morgan fingerprint density at radius 3 is 2.35 bits per heavy atom. The molecule has 1 atom stereocenters.